The van der Waals surface area contributed by atoms with Crippen LogP contribution in [0.1, 0.15) is 11.3 Å². The van der Waals surface area contributed by atoms with Gasteiger partial charge in [-0.2, -0.15) is 0 Å². The summed E-state index contributed by atoms with van der Waals surface area (Å²) in [6.45, 7) is 2.03. The summed E-state index contributed by atoms with van der Waals surface area (Å²) < 4.78 is 0. The number of hydrogen-bond donors (Lipinski definition) is 3. The molecule has 0 fully saturated rings. The SMILES string of the molecule is CNC.Cc1cc2cc(C=N)ccc2[nH]1. The van der Waals surface area contributed by atoms with E-state index in [9.17, 15) is 0 Å². The van der Waals surface area contributed by atoms with Gasteiger partial charge in [-0.05, 0) is 44.8 Å². The minimum atomic E-state index is 0.946. The molecule has 0 spiro atoms. The van der Waals surface area contributed by atoms with Gasteiger partial charge in [0.05, 0.1) is 0 Å². The maximum Gasteiger partial charge on any atom is 0.0456 e. The summed E-state index contributed by atoms with van der Waals surface area (Å²) in [5.74, 6) is 0. The van der Waals surface area contributed by atoms with E-state index < -0.39 is 0 Å². The molecule has 0 amide bonds. The number of rotatable bonds is 1. The molecule has 2 aromatic rings. The van der Waals surface area contributed by atoms with Crippen molar-refractivity contribution in [2.24, 2.45) is 0 Å². The molecule has 0 bridgehead atoms. The highest BCUT2D eigenvalue weighted by Crippen LogP contribution is 2.15. The van der Waals surface area contributed by atoms with E-state index in [1.807, 2.05) is 39.2 Å². The highest BCUT2D eigenvalue weighted by atomic mass is 14.7. The normalized spacial score (nSPS) is 9.53. The molecule has 1 heterocycles. The van der Waals surface area contributed by atoms with Gasteiger partial charge in [-0.1, -0.05) is 6.07 Å². The molecule has 0 aliphatic rings. The van der Waals surface area contributed by atoms with Gasteiger partial charge in [-0.15, -0.1) is 0 Å². The Morgan fingerprint density at radius 3 is 2.53 bits per heavy atom. The zero-order valence-electron chi connectivity index (χ0n) is 9.39. The van der Waals surface area contributed by atoms with E-state index in [1.54, 1.807) is 0 Å². The average Bonchev–Trinajstić information content (AvgIpc) is 2.57. The van der Waals surface area contributed by atoms with E-state index >= 15 is 0 Å². The quantitative estimate of drug-likeness (QED) is 0.612. The van der Waals surface area contributed by atoms with E-state index in [2.05, 4.69) is 16.4 Å². The van der Waals surface area contributed by atoms with E-state index in [0.717, 1.165) is 16.8 Å². The van der Waals surface area contributed by atoms with Gasteiger partial charge in [0.2, 0.25) is 0 Å². The van der Waals surface area contributed by atoms with E-state index in [1.165, 1.54) is 11.6 Å². The molecule has 3 heteroatoms. The molecule has 0 radical (unpaired) electrons. The maximum atomic E-state index is 7.09. The first-order chi connectivity index (χ1) is 7.21. The Morgan fingerprint density at radius 2 is 1.93 bits per heavy atom. The van der Waals surface area contributed by atoms with Crippen LogP contribution in [-0.4, -0.2) is 25.3 Å². The van der Waals surface area contributed by atoms with Crippen molar-refractivity contribution in [2.75, 3.05) is 14.1 Å². The molecule has 0 saturated carbocycles. The predicted molar refractivity (Wildman–Crippen MR) is 65.9 cm³/mol. The molecule has 1 aromatic heterocycles. The van der Waals surface area contributed by atoms with Crippen molar-refractivity contribution in [3.63, 3.8) is 0 Å². The van der Waals surface area contributed by atoms with Gasteiger partial charge in [0.15, 0.2) is 0 Å². The van der Waals surface area contributed by atoms with Crippen molar-refractivity contribution >= 4 is 17.1 Å². The zero-order valence-corrected chi connectivity index (χ0v) is 9.39. The topological polar surface area (TPSA) is 51.7 Å². The molecule has 2 rings (SSSR count). The molecule has 0 saturated heterocycles. The molecule has 0 unspecified atom stereocenters. The lowest BCUT2D eigenvalue weighted by molar-refractivity contribution is 1.02. The predicted octanol–water partition coefficient (Wildman–Crippen LogP) is 2.31. The number of benzene rings is 1. The lowest BCUT2D eigenvalue weighted by Gasteiger charge is -1.91. The lowest BCUT2D eigenvalue weighted by atomic mass is 10.2. The number of hydrogen-bond acceptors (Lipinski definition) is 2. The van der Waals surface area contributed by atoms with Crippen LogP contribution in [-0.2, 0) is 0 Å². The maximum absolute atomic E-state index is 7.09. The van der Waals surface area contributed by atoms with Crippen LogP contribution in [0.4, 0.5) is 0 Å². The second kappa shape index (κ2) is 5.32. The fourth-order valence-corrected chi connectivity index (χ4v) is 1.39. The zero-order chi connectivity index (χ0) is 11.3. The number of fused-ring (bicyclic) bond motifs is 1. The van der Waals surface area contributed by atoms with Crippen molar-refractivity contribution in [3.05, 3.63) is 35.5 Å². The summed E-state index contributed by atoms with van der Waals surface area (Å²) in [5.41, 5.74) is 3.24. The summed E-state index contributed by atoms with van der Waals surface area (Å²) in [6, 6.07) is 8.03. The monoisotopic (exact) mass is 203 g/mol. The van der Waals surface area contributed by atoms with Crippen LogP contribution in [0, 0.1) is 12.3 Å². The Hall–Kier alpha value is -1.61. The molecular formula is C12H17N3. The first-order valence-electron chi connectivity index (χ1n) is 4.89. The van der Waals surface area contributed by atoms with Crippen molar-refractivity contribution < 1.29 is 0 Å². The van der Waals surface area contributed by atoms with Crippen LogP contribution >= 0.6 is 0 Å². The third kappa shape index (κ3) is 2.92. The van der Waals surface area contributed by atoms with E-state index in [-0.39, 0.29) is 0 Å². The van der Waals surface area contributed by atoms with Crippen molar-refractivity contribution in [1.29, 1.82) is 5.41 Å². The van der Waals surface area contributed by atoms with Gasteiger partial charge < -0.3 is 15.7 Å². The molecular weight excluding hydrogens is 186 g/mol. The minimum Gasteiger partial charge on any atom is -0.359 e. The Kier molecular flexibility index (Phi) is 4.06. The molecule has 80 valence electrons. The molecule has 3 N–H and O–H groups in total. The number of aryl methyl sites for hydroxylation is 1. The summed E-state index contributed by atoms with van der Waals surface area (Å²) in [7, 11) is 3.75. The van der Waals surface area contributed by atoms with Gasteiger partial charge in [-0.25, -0.2) is 0 Å². The molecule has 0 atom stereocenters. The fraction of sp³-hybridized carbons (Fsp3) is 0.250. The summed E-state index contributed by atoms with van der Waals surface area (Å²) in [5, 5.41) is 11.0. The standard InChI is InChI=1S/C10H10N2.C2H7N/c1-7-4-9-5-8(6-11)2-3-10(9)12-7;1-3-2/h2-6,11-12H,1H3;3H,1-2H3. The molecule has 1 aromatic carbocycles. The number of H-pyrrole nitrogens is 1. The molecule has 15 heavy (non-hydrogen) atoms. The summed E-state index contributed by atoms with van der Waals surface area (Å²) in [4.78, 5) is 3.23. The highest BCUT2D eigenvalue weighted by molar-refractivity contribution is 5.88. The fourth-order valence-electron chi connectivity index (χ4n) is 1.39. The number of aromatic nitrogens is 1. The molecule has 0 aliphatic carbocycles. The van der Waals surface area contributed by atoms with Gasteiger partial charge >= 0.3 is 0 Å². The lowest BCUT2D eigenvalue weighted by Crippen LogP contribution is -1.89. The van der Waals surface area contributed by atoms with E-state index in [0.29, 0.717) is 0 Å². The third-order valence-corrected chi connectivity index (χ3v) is 1.95. The highest BCUT2D eigenvalue weighted by Gasteiger charge is 1.96. The summed E-state index contributed by atoms with van der Waals surface area (Å²) >= 11 is 0. The van der Waals surface area contributed by atoms with Crippen LogP contribution < -0.4 is 5.32 Å². The largest absolute Gasteiger partial charge is 0.359 e. The summed E-state index contributed by atoms with van der Waals surface area (Å²) in [6.07, 6.45) is 1.36. The van der Waals surface area contributed by atoms with Gasteiger partial charge in [0.1, 0.15) is 0 Å². The number of aromatic amines is 1. The van der Waals surface area contributed by atoms with Crippen LogP contribution in [0.25, 0.3) is 10.9 Å². The number of nitrogens with one attached hydrogen (secondary N) is 3. The Labute approximate surface area is 90.0 Å². The van der Waals surface area contributed by atoms with Gasteiger partial charge in [0, 0.05) is 22.8 Å². The van der Waals surface area contributed by atoms with Crippen molar-refractivity contribution in [3.8, 4) is 0 Å². The van der Waals surface area contributed by atoms with Crippen LogP contribution in [0.3, 0.4) is 0 Å². The smallest absolute Gasteiger partial charge is 0.0456 e. The Balaban J connectivity index is 0.000000337. The van der Waals surface area contributed by atoms with E-state index in [4.69, 9.17) is 5.41 Å². The van der Waals surface area contributed by atoms with Gasteiger partial charge in [0.25, 0.3) is 0 Å². The first-order valence-corrected chi connectivity index (χ1v) is 4.89. The van der Waals surface area contributed by atoms with Crippen LogP contribution in [0.5, 0.6) is 0 Å². The van der Waals surface area contributed by atoms with Gasteiger partial charge in [-0.3, -0.25) is 0 Å². The first kappa shape index (κ1) is 11.5. The second-order valence-electron chi connectivity index (χ2n) is 3.44. The average molecular weight is 203 g/mol. The van der Waals surface area contributed by atoms with Crippen molar-refractivity contribution in [1.82, 2.24) is 10.3 Å². The molecule has 3 nitrogen and oxygen atoms in total. The molecule has 0 aliphatic heterocycles. The minimum absolute atomic E-state index is 0.946. The Bertz CT molecular complexity index is 443. The van der Waals surface area contributed by atoms with Crippen LogP contribution in [0.15, 0.2) is 24.3 Å². The van der Waals surface area contributed by atoms with Crippen LogP contribution in [0.2, 0.25) is 0 Å². The van der Waals surface area contributed by atoms with Crippen molar-refractivity contribution in [2.45, 2.75) is 6.92 Å². The second-order valence-corrected chi connectivity index (χ2v) is 3.44. The third-order valence-electron chi connectivity index (χ3n) is 1.95. The Morgan fingerprint density at radius 1 is 1.27 bits per heavy atom.